The number of aromatic nitrogens is 2. The van der Waals surface area contributed by atoms with Gasteiger partial charge < -0.3 is 26.0 Å². The van der Waals surface area contributed by atoms with Crippen LogP contribution in [-0.2, 0) is 11.3 Å². The molecule has 2 atom stereocenters. The molecule has 1 heterocycles. The zero-order valence-electron chi connectivity index (χ0n) is 22.2. The van der Waals surface area contributed by atoms with Crippen molar-refractivity contribution in [1.82, 2.24) is 20.0 Å². The average molecular weight is 523 g/mol. The van der Waals surface area contributed by atoms with Gasteiger partial charge in [-0.25, -0.2) is 4.68 Å². The first-order chi connectivity index (χ1) is 18.1. The third-order valence-corrected chi connectivity index (χ3v) is 6.12. The van der Waals surface area contributed by atoms with Crippen LogP contribution in [0.2, 0.25) is 0 Å². The summed E-state index contributed by atoms with van der Waals surface area (Å²) in [4.78, 5) is 53.2. The van der Waals surface area contributed by atoms with Gasteiger partial charge in [0, 0.05) is 20.6 Å². The molecule has 38 heavy (non-hydrogen) atoms. The lowest BCUT2D eigenvalue weighted by atomic mass is 10.1. The van der Waals surface area contributed by atoms with Crippen LogP contribution in [0, 0.1) is 0 Å². The van der Waals surface area contributed by atoms with E-state index < -0.39 is 23.1 Å². The van der Waals surface area contributed by atoms with Gasteiger partial charge in [-0.3, -0.25) is 24.3 Å². The molecule has 202 valence electrons. The van der Waals surface area contributed by atoms with Gasteiger partial charge in [-0.15, -0.1) is 0 Å². The highest BCUT2D eigenvalue weighted by atomic mass is 16.3. The minimum absolute atomic E-state index is 0.0240. The molecule has 0 spiro atoms. The van der Waals surface area contributed by atoms with Crippen molar-refractivity contribution in [2.24, 2.45) is 0 Å². The first-order valence-corrected chi connectivity index (χ1v) is 12.4. The predicted molar refractivity (Wildman–Crippen MR) is 147 cm³/mol. The first-order valence-electron chi connectivity index (χ1n) is 12.4. The number of para-hydroxylation sites is 1. The lowest BCUT2D eigenvalue weighted by Crippen LogP contribution is -2.43. The number of phenols is 1. The van der Waals surface area contributed by atoms with E-state index in [0.29, 0.717) is 6.42 Å². The van der Waals surface area contributed by atoms with Crippen molar-refractivity contribution in [3.63, 3.8) is 0 Å². The number of carbonyl (C=O) groups is 2. The fourth-order valence-corrected chi connectivity index (χ4v) is 3.92. The topological polar surface area (TPSA) is 149 Å². The summed E-state index contributed by atoms with van der Waals surface area (Å²) in [5, 5.41) is 22.0. The zero-order valence-corrected chi connectivity index (χ0v) is 22.2. The molecule has 2 unspecified atom stereocenters. The number of aromatic hydroxyl groups is 1. The van der Waals surface area contributed by atoms with Gasteiger partial charge in [-0.2, -0.15) is 0 Å². The van der Waals surface area contributed by atoms with E-state index in [4.69, 9.17) is 0 Å². The quantitative estimate of drug-likeness (QED) is 0.257. The van der Waals surface area contributed by atoms with E-state index in [-0.39, 0.29) is 46.9 Å². The number of hydrogen-bond donors (Lipinski definition) is 5. The fourth-order valence-electron chi connectivity index (χ4n) is 3.92. The average Bonchev–Trinajstić information content (AvgIpc) is 2.91. The fraction of sp³-hybridized carbons (Fsp3) is 0.333. The van der Waals surface area contributed by atoms with E-state index in [0.717, 1.165) is 10.2 Å². The van der Waals surface area contributed by atoms with Crippen LogP contribution in [0.15, 0.2) is 58.1 Å². The molecule has 0 saturated heterocycles. The number of phenolic OH excluding ortho intramolecular Hbond substituents is 1. The molecule has 0 aliphatic rings. The van der Waals surface area contributed by atoms with Crippen molar-refractivity contribution >= 4 is 28.9 Å². The molecule has 5 N–H and O–H groups in total. The number of benzene rings is 2. The van der Waals surface area contributed by atoms with Crippen LogP contribution in [0.4, 0.5) is 17.1 Å². The van der Waals surface area contributed by atoms with Crippen LogP contribution in [0.3, 0.4) is 0 Å². The van der Waals surface area contributed by atoms with Gasteiger partial charge in [-0.05, 0) is 38.0 Å². The molecule has 1 aromatic heterocycles. The molecule has 0 aliphatic heterocycles. The normalized spacial score (nSPS) is 12.3. The molecular weight excluding hydrogens is 488 g/mol. The summed E-state index contributed by atoms with van der Waals surface area (Å²) in [5.41, 5.74) is -0.524. The molecule has 3 rings (SSSR count). The van der Waals surface area contributed by atoms with Gasteiger partial charge >= 0.3 is 0 Å². The van der Waals surface area contributed by atoms with Crippen LogP contribution in [0.25, 0.3) is 0 Å². The Morgan fingerprint density at radius 1 is 1.03 bits per heavy atom. The Morgan fingerprint density at radius 2 is 1.71 bits per heavy atom. The maximum absolute atomic E-state index is 13.3. The monoisotopic (exact) mass is 522 g/mol. The maximum Gasteiger partial charge on any atom is 0.291 e. The molecule has 0 fully saturated rings. The standard InChI is InChI=1S/C27H34N6O5/c1-6-19(24(35)28-16(3)17-12-9-8-10-13-17)29-21-22(27(38)33(7-2)31-25(21)36)30-20-15-11-14-18(23(20)34)26(37)32(4)5/h8-16,19,29-30,34H,6-7H2,1-5H3,(H,28,35)(H,31,36). The minimum atomic E-state index is -0.838. The Morgan fingerprint density at radius 3 is 2.32 bits per heavy atom. The highest BCUT2D eigenvalue weighted by Crippen LogP contribution is 2.31. The van der Waals surface area contributed by atoms with Crippen LogP contribution in [0.5, 0.6) is 5.75 Å². The maximum atomic E-state index is 13.3. The number of nitrogens with zero attached hydrogens (tertiary/aromatic N) is 2. The number of H-pyrrole nitrogens is 1. The van der Waals surface area contributed by atoms with E-state index >= 15 is 0 Å². The van der Waals surface area contributed by atoms with Crippen molar-refractivity contribution in [2.45, 2.75) is 45.8 Å². The zero-order chi connectivity index (χ0) is 28.0. The van der Waals surface area contributed by atoms with Crippen molar-refractivity contribution in [3.8, 4) is 5.75 Å². The second kappa shape index (κ2) is 12.1. The van der Waals surface area contributed by atoms with Crippen molar-refractivity contribution in [1.29, 1.82) is 0 Å². The molecule has 0 saturated carbocycles. The SMILES string of the molecule is CCC(Nc1c(Nc2cccc(C(=O)N(C)C)c2O)c(=O)n(CC)[nH]c1=O)C(=O)NC(C)c1ccccc1. The van der Waals surface area contributed by atoms with Crippen molar-refractivity contribution in [3.05, 3.63) is 80.4 Å². The van der Waals surface area contributed by atoms with Gasteiger partial charge in [0.2, 0.25) is 5.91 Å². The van der Waals surface area contributed by atoms with E-state index in [1.165, 1.54) is 17.0 Å². The Labute approximate surface area is 220 Å². The molecule has 2 amide bonds. The van der Waals surface area contributed by atoms with Crippen molar-refractivity contribution in [2.75, 3.05) is 24.7 Å². The first kappa shape index (κ1) is 28.0. The number of hydrogen-bond acceptors (Lipinski definition) is 7. The third-order valence-electron chi connectivity index (χ3n) is 6.12. The third kappa shape index (κ3) is 6.05. The molecule has 3 aromatic rings. The van der Waals surface area contributed by atoms with E-state index in [9.17, 15) is 24.3 Å². The second-order valence-electron chi connectivity index (χ2n) is 9.01. The summed E-state index contributed by atoms with van der Waals surface area (Å²) in [6, 6.07) is 12.8. The van der Waals surface area contributed by atoms with Crippen LogP contribution in [-0.4, -0.2) is 51.7 Å². The van der Waals surface area contributed by atoms with Crippen LogP contribution < -0.4 is 27.1 Å². The van der Waals surface area contributed by atoms with Crippen LogP contribution in [0.1, 0.15) is 49.2 Å². The van der Waals surface area contributed by atoms with E-state index in [2.05, 4.69) is 21.0 Å². The lowest BCUT2D eigenvalue weighted by molar-refractivity contribution is -0.122. The lowest BCUT2D eigenvalue weighted by Gasteiger charge is -2.23. The number of aromatic amines is 1. The highest BCUT2D eigenvalue weighted by molar-refractivity contribution is 5.99. The second-order valence-corrected chi connectivity index (χ2v) is 9.01. The summed E-state index contributed by atoms with van der Waals surface area (Å²) >= 11 is 0. The Hall–Kier alpha value is -4.54. The van der Waals surface area contributed by atoms with E-state index in [1.54, 1.807) is 34.0 Å². The van der Waals surface area contributed by atoms with Gasteiger partial charge in [-0.1, -0.05) is 43.3 Å². The summed E-state index contributed by atoms with van der Waals surface area (Å²) in [6.07, 6.45) is 0.321. The highest BCUT2D eigenvalue weighted by Gasteiger charge is 2.25. The number of aryl methyl sites for hydroxylation is 1. The summed E-state index contributed by atoms with van der Waals surface area (Å²) in [6.45, 7) is 5.50. The predicted octanol–water partition coefficient (Wildman–Crippen LogP) is 2.78. The van der Waals surface area contributed by atoms with Gasteiger partial charge in [0.15, 0.2) is 5.75 Å². The van der Waals surface area contributed by atoms with Gasteiger partial charge in [0.05, 0.1) is 17.3 Å². The summed E-state index contributed by atoms with van der Waals surface area (Å²) in [7, 11) is 3.10. The molecule has 11 heteroatoms. The largest absolute Gasteiger partial charge is 0.505 e. The van der Waals surface area contributed by atoms with E-state index in [1.807, 2.05) is 37.3 Å². The number of nitrogens with one attached hydrogen (secondary N) is 4. The smallest absolute Gasteiger partial charge is 0.291 e. The molecule has 0 bridgehead atoms. The molecule has 2 aromatic carbocycles. The van der Waals surface area contributed by atoms with Gasteiger partial charge in [0.1, 0.15) is 17.4 Å². The molecular formula is C27H34N6O5. The molecule has 0 radical (unpaired) electrons. The number of rotatable bonds is 10. The number of anilines is 3. The summed E-state index contributed by atoms with van der Waals surface area (Å²) < 4.78 is 1.11. The molecule has 11 nitrogen and oxygen atoms in total. The summed E-state index contributed by atoms with van der Waals surface area (Å²) in [5.74, 6) is -1.16. The van der Waals surface area contributed by atoms with Gasteiger partial charge in [0.25, 0.3) is 17.0 Å². The van der Waals surface area contributed by atoms with Crippen molar-refractivity contribution < 1.29 is 14.7 Å². The Balaban J connectivity index is 1.99. The Kier molecular flexibility index (Phi) is 8.95. The number of amides is 2. The number of carbonyl (C=O) groups excluding carboxylic acids is 2. The Bertz CT molecular complexity index is 1410. The minimum Gasteiger partial charge on any atom is -0.505 e. The molecule has 0 aliphatic carbocycles. The van der Waals surface area contributed by atoms with Crippen LogP contribution >= 0.6 is 0 Å².